The van der Waals surface area contributed by atoms with E-state index < -0.39 is 0 Å². The van der Waals surface area contributed by atoms with Crippen LogP contribution in [0.15, 0.2) is 15.9 Å². The number of Topliss-reactive ketones (excluding diaryl/α,β-unsaturated/α-hetero) is 1. The number of hydrogen-bond acceptors (Lipinski definition) is 3. The molecule has 2 rings (SSSR count). The Labute approximate surface area is 102 Å². The number of ketones is 1. The summed E-state index contributed by atoms with van der Waals surface area (Å²) in [6, 6.07) is 2.00. The maximum atomic E-state index is 11.9. The van der Waals surface area contributed by atoms with Gasteiger partial charge in [0.25, 0.3) is 0 Å². The second-order valence-electron chi connectivity index (χ2n) is 3.72. The zero-order chi connectivity index (χ0) is 10.7. The molecule has 15 heavy (non-hydrogen) atoms. The summed E-state index contributed by atoms with van der Waals surface area (Å²) in [5.41, 5.74) is 0. The molecule has 1 aliphatic heterocycles. The average molecular weight is 289 g/mol. The summed E-state index contributed by atoms with van der Waals surface area (Å²) >= 11 is 5.10. The Bertz CT molecular complexity index is 342. The van der Waals surface area contributed by atoms with Crippen molar-refractivity contribution in [3.05, 3.63) is 20.8 Å². The highest BCUT2D eigenvalue weighted by Crippen LogP contribution is 2.26. The van der Waals surface area contributed by atoms with E-state index in [1.54, 1.807) is 11.3 Å². The first kappa shape index (κ1) is 11.3. The highest BCUT2D eigenvalue weighted by atomic mass is 79.9. The molecule has 4 heteroatoms. The lowest BCUT2D eigenvalue weighted by atomic mass is 9.93. The van der Waals surface area contributed by atoms with Crippen LogP contribution >= 0.6 is 27.3 Å². The van der Waals surface area contributed by atoms with Crippen LogP contribution in [0.5, 0.6) is 0 Å². The molecular weight excluding hydrogens is 276 g/mol. The maximum absolute atomic E-state index is 11.9. The van der Waals surface area contributed by atoms with Gasteiger partial charge in [0.2, 0.25) is 0 Å². The molecule has 1 aromatic rings. The summed E-state index contributed by atoms with van der Waals surface area (Å²) in [4.78, 5) is 13.1. The van der Waals surface area contributed by atoms with Crippen molar-refractivity contribution in [3.63, 3.8) is 0 Å². The molecule has 0 spiro atoms. The summed E-state index contributed by atoms with van der Waals surface area (Å²) < 4.78 is 6.31. The Morgan fingerprint density at radius 1 is 1.53 bits per heavy atom. The fraction of sp³-hybridized carbons (Fsp3) is 0.545. The van der Waals surface area contributed by atoms with Gasteiger partial charge in [-0.05, 0) is 40.2 Å². The van der Waals surface area contributed by atoms with Crippen molar-refractivity contribution >= 4 is 33.0 Å². The predicted octanol–water partition coefficient (Wildman–Crippen LogP) is 3.05. The van der Waals surface area contributed by atoms with E-state index >= 15 is 0 Å². The summed E-state index contributed by atoms with van der Waals surface area (Å²) in [7, 11) is 0. The smallest absolute Gasteiger partial charge is 0.141 e. The third-order valence-electron chi connectivity index (χ3n) is 2.70. The van der Waals surface area contributed by atoms with Gasteiger partial charge < -0.3 is 4.74 Å². The maximum Gasteiger partial charge on any atom is 0.141 e. The molecular formula is C11H13BrO2S. The quantitative estimate of drug-likeness (QED) is 0.855. The number of halogens is 1. The molecule has 1 fully saturated rings. The van der Waals surface area contributed by atoms with E-state index in [4.69, 9.17) is 4.74 Å². The molecule has 0 aliphatic carbocycles. The highest BCUT2D eigenvalue weighted by molar-refractivity contribution is 9.10. The van der Waals surface area contributed by atoms with E-state index in [1.807, 2.05) is 11.4 Å². The van der Waals surface area contributed by atoms with Crippen molar-refractivity contribution in [1.82, 2.24) is 0 Å². The molecule has 2 nitrogen and oxygen atoms in total. The largest absolute Gasteiger partial charge is 0.381 e. The second-order valence-corrected chi connectivity index (χ2v) is 5.58. The Balaban J connectivity index is 1.94. The van der Waals surface area contributed by atoms with Crippen LogP contribution < -0.4 is 0 Å². The Morgan fingerprint density at radius 3 is 2.87 bits per heavy atom. The summed E-state index contributed by atoms with van der Waals surface area (Å²) in [6.45, 7) is 1.48. The van der Waals surface area contributed by atoms with Crippen LogP contribution in [-0.2, 0) is 16.0 Å². The van der Waals surface area contributed by atoms with Crippen LogP contribution in [-0.4, -0.2) is 19.0 Å². The summed E-state index contributed by atoms with van der Waals surface area (Å²) in [5, 5.41) is 2.01. The van der Waals surface area contributed by atoms with Gasteiger partial charge in [-0.15, -0.1) is 11.3 Å². The van der Waals surface area contributed by atoms with Crippen molar-refractivity contribution in [2.45, 2.75) is 19.3 Å². The topological polar surface area (TPSA) is 26.3 Å². The van der Waals surface area contributed by atoms with Gasteiger partial charge in [-0.3, -0.25) is 4.79 Å². The average Bonchev–Trinajstić information content (AvgIpc) is 2.66. The van der Waals surface area contributed by atoms with Crippen LogP contribution in [0.2, 0.25) is 0 Å². The Morgan fingerprint density at radius 2 is 2.27 bits per heavy atom. The molecule has 0 atom stereocenters. The van der Waals surface area contributed by atoms with Crippen molar-refractivity contribution in [3.8, 4) is 0 Å². The minimum atomic E-state index is 0.216. The van der Waals surface area contributed by atoms with E-state index in [9.17, 15) is 4.79 Å². The Hall–Kier alpha value is -0.190. The third kappa shape index (κ3) is 2.89. The van der Waals surface area contributed by atoms with Gasteiger partial charge in [-0.2, -0.15) is 0 Å². The molecule has 1 aromatic heterocycles. The van der Waals surface area contributed by atoms with Gasteiger partial charge in [0.15, 0.2) is 0 Å². The van der Waals surface area contributed by atoms with Crippen LogP contribution in [0, 0.1) is 5.92 Å². The summed E-state index contributed by atoms with van der Waals surface area (Å²) in [6.07, 6.45) is 2.35. The van der Waals surface area contributed by atoms with Gasteiger partial charge in [-0.1, -0.05) is 0 Å². The fourth-order valence-corrected chi connectivity index (χ4v) is 3.28. The van der Waals surface area contributed by atoms with Crippen molar-refractivity contribution in [2.75, 3.05) is 13.2 Å². The van der Waals surface area contributed by atoms with Crippen LogP contribution in [0.4, 0.5) is 0 Å². The molecule has 0 aromatic carbocycles. The van der Waals surface area contributed by atoms with E-state index in [2.05, 4.69) is 15.9 Å². The lowest BCUT2D eigenvalue weighted by Crippen LogP contribution is -2.24. The van der Waals surface area contributed by atoms with Gasteiger partial charge in [0.1, 0.15) is 5.78 Å². The number of hydrogen-bond donors (Lipinski definition) is 0. The number of rotatable bonds is 3. The van der Waals surface area contributed by atoms with Gasteiger partial charge in [0, 0.05) is 34.9 Å². The zero-order valence-electron chi connectivity index (χ0n) is 8.37. The number of carbonyl (C=O) groups is 1. The monoisotopic (exact) mass is 288 g/mol. The molecule has 0 bridgehead atoms. The molecule has 1 aliphatic rings. The number of ether oxygens (including phenoxy) is 1. The van der Waals surface area contributed by atoms with Gasteiger partial charge in [-0.25, -0.2) is 0 Å². The predicted molar refractivity (Wildman–Crippen MR) is 64.3 cm³/mol. The molecule has 0 saturated carbocycles. The highest BCUT2D eigenvalue weighted by Gasteiger charge is 2.22. The zero-order valence-corrected chi connectivity index (χ0v) is 10.8. The van der Waals surface area contributed by atoms with Crippen molar-refractivity contribution < 1.29 is 9.53 Å². The van der Waals surface area contributed by atoms with Gasteiger partial charge in [0.05, 0.1) is 0 Å². The summed E-state index contributed by atoms with van der Waals surface area (Å²) in [5.74, 6) is 0.578. The van der Waals surface area contributed by atoms with Crippen LogP contribution in [0.1, 0.15) is 17.7 Å². The molecule has 2 heterocycles. The molecule has 82 valence electrons. The van der Waals surface area contributed by atoms with E-state index in [1.165, 1.54) is 0 Å². The fourth-order valence-electron chi connectivity index (χ4n) is 1.77. The molecule has 0 N–H and O–H groups in total. The van der Waals surface area contributed by atoms with Gasteiger partial charge >= 0.3 is 0 Å². The molecule has 1 saturated heterocycles. The van der Waals surface area contributed by atoms with Crippen LogP contribution in [0.3, 0.4) is 0 Å². The molecule has 0 unspecified atom stereocenters. The molecule has 0 amide bonds. The number of thiophene rings is 1. The van der Waals surface area contributed by atoms with E-state index in [0.29, 0.717) is 12.2 Å². The number of carbonyl (C=O) groups excluding carboxylic acids is 1. The van der Waals surface area contributed by atoms with Crippen molar-refractivity contribution in [1.29, 1.82) is 0 Å². The van der Waals surface area contributed by atoms with Crippen molar-refractivity contribution in [2.24, 2.45) is 5.92 Å². The lowest BCUT2D eigenvalue weighted by molar-refractivity contribution is -0.124. The van der Waals surface area contributed by atoms with E-state index in [-0.39, 0.29) is 5.92 Å². The normalized spacial score (nSPS) is 17.9. The first-order valence-corrected chi connectivity index (χ1v) is 6.77. The second kappa shape index (κ2) is 5.23. The minimum absolute atomic E-state index is 0.216. The third-order valence-corrected chi connectivity index (χ3v) is 4.63. The first-order valence-electron chi connectivity index (χ1n) is 5.09. The van der Waals surface area contributed by atoms with Crippen LogP contribution in [0.25, 0.3) is 0 Å². The van der Waals surface area contributed by atoms with E-state index in [0.717, 1.165) is 35.4 Å². The lowest BCUT2D eigenvalue weighted by Gasteiger charge is -2.20. The standard InChI is InChI=1S/C11H13BrO2S/c12-9-3-6-15-11(9)7-10(13)8-1-4-14-5-2-8/h3,6,8H,1-2,4-5,7H2. The first-order chi connectivity index (χ1) is 7.27. The Kier molecular flexibility index (Phi) is 3.94. The SMILES string of the molecule is O=C(Cc1sccc1Br)C1CCOCC1. The molecule has 0 radical (unpaired) electrons. The minimum Gasteiger partial charge on any atom is -0.381 e.